The first-order valence-electron chi connectivity index (χ1n) is 7.25. The molecule has 0 atom stereocenters. The average Bonchev–Trinajstić information content (AvgIpc) is 2.59. The van der Waals surface area contributed by atoms with Crippen molar-refractivity contribution in [3.8, 4) is 17.9 Å². The molecule has 0 radical (unpaired) electrons. The molecule has 0 spiro atoms. The minimum absolute atomic E-state index is 0.0150. The van der Waals surface area contributed by atoms with E-state index in [9.17, 15) is 9.18 Å². The van der Waals surface area contributed by atoms with Crippen molar-refractivity contribution in [1.82, 2.24) is 10.2 Å². The lowest BCUT2D eigenvalue weighted by Crippen LogP contribution is -2.11. The highest BCUT2D eigenvalue weighted by atomic mass is 19.1. The number of halogens is 1. The molecule has 1 N–H and O–H groups in total. The Morgan fingerprint density at radius 2 is 2.04 bits per heavy atom. The van der Waals surface area contributed by atoms with E-state index in [1.807, 2.05) is 12.1 Å². The summed E-state index contributed by atoms with van der Waals surface area (Å²) in [5.74, 6) is 5.22. The van der Waals surface area contributed by atoms with Crippen LogP contribution in [0.5, 0.6) is 0 Å². The molecule has 0 amide bonds. The summed E-state index contributed by atoms with van der Waals surface area (Å²) < 4.78 is 13.5. The van der Waals surface area contributed by atoms with E-state index < -0.39 is 5.82 Å². The number of aromatic nitrogens is 2. The lowest BCUT2D eigenvalue weighted by atomic mass is 10.0. The maximum Gasteiger partial charge on any atom is 0.272 e. The van der Waals surface area contributed by atoms with Crippen LogP contribution in [0.1, 0.15) is 29.3 Å². The molecular weight excluding hydrogens is 305 g/mol. The van der Waals surface area contributed by atoms with E-state index in [0.29, 0.717) is 22.9 Å². The monoisotopic (exact) mass is 317 g/mol. The van der Waals surface area contributed by atoms with Gasteiger partial charge < -0.3 is 0 Å². The Hall–Kier alpha value is -3.44. The molecule has 3 aromatic rings. The van der Waals surface area contributed by atoms with Gasteiger partial charge in [-0.15, -0.1) is 5.92 Å². The number of rotatable bonds is 2. The number of nitrogens with one attached hydrogen (secondary N) is 1. The van der Waals surface area contributed by atoms with Gasteiger partial charge in [0, 0.05) is 17.4 Å². The predicted molar refractivity (Wildman–Crippen MR) is 88.8 cm³/mol. The molecule has 116 valence electrons. The van der Waals surface area contributed by atoms with Crippen molar-refractivity contribution in [2.24, 2.45) is 0 Å². The van der Waals surface area contributed by atoms with Gasteiger partial charge in [-0.05, 0) is 42.8 Å². The van der Waals surface area contributed by atoms with E-state index in [1.165, 1.54) is 12.1 Å². The van der Waals surface area contributed by atoms with Gasteiger partial charge in [0.2, 0.25) is 0 Å². The second-order valence-corrected chi connectivity index (χ2v) is 5.24. The van der Waals surface area contributed by atoms with Crippen molar-refractivity contribution >= 4 is 10.8 Å². The van der Waals surface area contributed by atoms with Crippen molar-refractivity contribution in [3.63, 3.8) is 0 Å². The Morgan fingerprint density at radius 1 is 1.21 bits per heavy atom. The Kier molecular flexibility index (Phi) is 4.09. The highest BCUT2D eigenvalue weighted by Crippen LogP contribution is 2.19. The molecular formula is C19H12FN3O. The number of benzene rings is 2. The van der Waals surface area contributed by atoms with Crippen LogP contribution in [0, 0.1) is 29.0 Å². The van der Waals surface area contributed by atoms with Crippen LogP contribution in [0.4, 0.5) is 4.39 Å². The van der Waals surface area contributed by atoms with Gasteiger partial charge in [0.1, 0.15) is 11.9 Å². The van der Waals surface area contributed by atoms with Crippen molar-refractivity contribution in [2.45, 2.75) is 13.3 Å². The van der Waals surface area contributed by atoms with Gasteiger partial charge in [-0.1, -0.05) is 12.0 Å². The van der Waals surface area contributed by atoms with Gasteiger partial charge in [-0.3, -0.25) is 4.79 Å². The number of hydrogen-bond acceptors (Lipinski definition) is 3. The third-order valence-electron chi connectivity index (χ3n) is 3.66. The first-order chi connectivity index (χ1) is 11.6. The lowest BCUT2D eigenvalue weighted by Gasteiger charge is -2.06. The Balaban J connectivity index is 2.13. The fourth-order valence-electron chi connectivity index (χ4n) is 2.54. The fraction of sp³-hybridized carbons (Fsp3) is 0.105. The summed E-state index contributed by atoms with van der Waals surface area (Å²) in [5, 5.41) is 16.8. The van der Waals surface area contributed by atoms with Gasteiger partial charge >= 0.3 is 0 Å². The van der Waals surface area contributed by atoms with Crippen LogP contribution in [0.2, 0.25) is 0 Å². The van der Waals surface area contributed by atoms with E-state index in [2.05, 4.69) is 22.0 Å². The number of hydrogen-bond donors (Lipinski definition) is 1. The van der Waals surface area contributed by atoms with Crippen molar-refractivity contribution in [1.29, 1.82) is 5.26 Å². The van der Waals surface area contributed by atoms with E-state index in [1.54, 1.807) is 25.1 Å². The zero-order valence-electron chi connectivity index (χ0n) is 12.9. The molecule has 0 unspecified atom stereocenters. The fourth-order valence-corrected chi connectivity index (χ4v) is 2.54. The molecule has 1 aromatic heterocycles. The van der Waals surface area contributed by atoms with Crippen LogP contribution >= 0.6 is 0 Å². The van der Waals surface area contributed by atoms with Gasteiger partial charge in [0.15, 0.2) is 0 Å². The summed E-state index contributed by atoms with van der Waals surface area (Å²) in [4.78, 5) is 12.0. The topological polar surface area (TPSA) is 69.5 Å². The molecule has 0 saturated heterocycles. The number of nitrogens with zero attached hydrogens (tertiary/aromatic N) is 2. The van der Waals surface area contributed by atoms with Gasteiger partial charge in [0.05, 0.1) is 16.6 Å². The smallest absolute Gasteiger partial charge is 0.267 e. The van der Waals surface area contributed by atoms with Crippen molar-refractivity contribution in [2.75, 3.05) is 0 Å². The molecule has 0 aliphatic heterocycles. The number of H-pyrrole nitrogens is 1. The van der Waals surface area contributed by atoms with Crippen LogP contribution < -0.4 is 5.56 Å². The van der Waals surface area contributed by atoms with Crippen LogP contribution in [0.15, 0.2) is 41.2 Å². The predicted octanol–water partition coefficient (Wildman–Crippen LogP) is 2.90. The highest BCUT2D eigenvalue weighted by Gasteiger charge is 2.10. The lowest BCUT2D eigenvalue weighted by molar-refractivity contribution is 0.623. The minimum Gasteiger partial charge on any atom is -0.267 e. The summed E-state index contributed by atoms with van der Waals surface area (Å²) in [6.45, 7) is 1.74. The summed E-state index contributed by atoms with van der Waals surface area (Å²) in [6, 6.07) is 11.5. The third-order valence-corrected chi connectivity index (χ3v) is 3.66. The largest absolute Gasteiger partial charge is 0.272 e. The van der Waals surface area contributed by atoms with E-state index in [-0.39, 0.29) is 11.1 Å². The standard InChI is InChI=1S/C19H12FN3O/c1-2-3-12-4-6-15-16(9-12)18(22-23-19(15)24)10-13-5-7-17(20)14(8-13)11-21/h4-9H,10H2,1H3,(H,23,24). The Labute approximate surface area is 137 Å². The second kappa shape index (κ2) is 6.36. The molecule has 2 aromatic carbocycles. The second-order valence-electron chi connectivity index (χ2n) is 5.24. The number of aromatic amines is 1. The van der Waals surface area contributed by atoms with Gasteiger partial charge in [-0.2, -0.15) is 10.4 Å². The van der Waals surface area contributed by atoms with E-state index >= 15 is 0 Å². The summed E-state index contributed by atoms with van der Waals surface area (Å²) >= 11 is 0. The summed E-state index contributed by atoms with van der Waals surface area (Å²) in [7, 11) is 0. The van der Waals surface area contributed by atoms with E-state index in [0.717, 1.165) is 11.1 Å². The zero-order valence-corrected chi connectivity index (χ0v) is 12.9. The first kappa shape index (κ1) is 15.5. The van der Waals surface area contributed by atoms with Crippen molar-refractivity contribution < 1.29 is 4.39 Å². The van der Waals surface area contributed by atoms with Crippen LogP contribution in [0.25, 0.3) is 10.8 Å². The molecule has 0 saturated carbocycles. The maximum absolute atomic E-state index is 13.5. The Bertz CT molecular complexity index is 1100. The zero-order chi connectivity index (χ0) is 17.1. The average molecular weight is 317 g/mol. The summed E-state index contributed by atoms with van der Waals surface area (Å²) in [6.07, 6.45) is 0.366. The highest BCUT2D eigenvalue weighted by molar-refractivity contribution is 5.85. The Morgan fingerprint density at radius 3 is 2.79 bits per heavy atom. The normalized spacial score (nSPS) is 10.0. The molecule has 4 nitrogen and oxygen atoms in total. The number of fused-ring (bicyclic) bond motifs is 1. The molecule has 24 heavy (non-hydrogen) atoms. The first-order valence-corrected chi connectivity index (χ1v) is 7.25. The SMILES string of the molecule is CC#Cc1ccc2c(=O)[nH]nc(Cc3ccc(F)c(C#N)c3)c2c1. The van der Waals surface area contributed by atoms with Crippen LogP contribution in [-0.2, 0) is 6.42 Å². The maximum atomic E-state index is 13.5. The third kappa shape index (κ3) is 2.88. The van der Waals surface area contributed by atoms with Crippen LogP contribution in [0.3, 0.4) is 0 Å². The van der Waals surface area contributed by atoms with Gasteiger partial charge in [-0.25, -0.2) is 9.49 Å². The molecule has 5 heteroatoms. The molecule has 0 bridgehead atoms. The molecule has 1 heterocycles. The minimum atomic E-state index is -0.555. The quantitative estimate of drug-likeness (QED) is 0.739. The number of nitriles is 1. The van der Waals surface area contributed by atoms with Gasteiger partial charge in [0.25, 0.3) is 5.56 Å². The van der Waals surface area contributed by atoms with Crippen molar-refractivity contribution in [3.05, 3.63) is 75.0 Å². The van der Waals surface area contributed by atoms with E-state index in [4.69, 9.17) is 5.26 Å². The molecule has 0 aliphatic carbocycles. The molecule has 3 rings (SSSR count). The molecule has 0 aliphatic rings. The summed E-state index contributed by atoms with van der Waals surface area (Å²) in [5.41, 5.74) is 1.87. The van der Waals surface area contributed by atoms with Crippen LogP contribution in [-0.4, -0.2) is 10.2 Å². The molecule has 0 fully saturated rings.